The van der Waals surface area contributed by atoms with Gasteiger partial charge in [0.1, 0.15) is 23.3 Å². The Hall–Kier alpha value is -4.90. The molecular weight excluding hydrogens is 615 g/mol. The number of hydrogen-bond donors (Lipinski definition) is 0. The van der Waals surface area contributed by atoms with E-state index in [1.54, 1.807) is 37.1 Å². The summed E-state index contributed by atoms with van der Waals surface area (Å²) in [5, 5.41) is 1.75. The molecule has 1 atom stereocenters. The third-order valence-electron chi connectivity index (χ3n) is 8.10. The van der Waals surface area contributed by atoms with Crippen molar-refractivity contribution in [1.82, 2.24) is 9.47 Å². The van der Waals surface area contributed by atoms with Crippen molar-refractivity contribution < 1.29 is 27.1 Å². The lowest BCUT2D eigenvalue weighted by molar-refractivity contribution is -0.137. The molecule has 0 fully saturated rings. The highest BCUT2D eigenvalue weighted by Crippen LogP contribution is 2.40. The number of allylic oxidation sites excluding steroid dienone is 1. The molecule has 5 aromatic rings. The standard InChI is InChI=1S/C35H30F3N3O4S/c1-5-40(6-2)33(43)29-20(3)39-34-41(31(29)30-25-13-8-7-10-21(25)14-16-27(30)44-4)32(42)28(46-34)19-24-15-17-26(45-24)22-11-9-12-23(18-22)35(36,37)38/h7-19,31H,5-6H2,1-4H3/b28-19+/t31-/m1/s1. The molecule has 6 rings (SSSR count). The SMILES string of the molecule is CCN(CC)C(=O)C1=C(C)N=c2s/c(=C/c3ccc(-c4cccc(C(F)(F)F)c4)o3)c(=O)n2[C@H]1c1c(OC)ccc2ccccc12. The van der Waals surface area contributed by atoms with Crippen molar-refractivity contribution in [3.8, 4) is 17.1 Å². The summed E-state index contributed by atoms with van der Waals surface area (Å²) in [6.07, 6.45) is -2.95. The van der Waals surface area contributed by atoms with Crippen molar-refractivity contribution in [2.75, 3.05) is 20.2 Å². The Morgan fingerprint density at radius 1 is 1.07 bits per heavy atom. The molecule has 7 nitrogen and oxygen atoms in total. The van der Waals surface area contributed by atoms with Crippen molar-refractivity contribution in [2.24, 2.45) is 4.99 Å². The van der Waals surface area contributed by atoms with E-state index in [2.05, 4.69) is 0 Å². The number of hydrogen-bond acceptors (Lipinski definition) is 6. The third kappa shape index (κ3) is 5.44. The van der Waals surface area contributed by atoms with Crippen molar-refractivity contribution in [1.29, 1.82) is 0 Å². The Morgan fingerprint density at radius 2 is 1.83 bits per heavy atom. The molecule has 11 heteroatoms. The van der Waals surface area contributed by atoms with Gasteiger partial charge in [-0.25, -0.2) is 4.99 Å². The molecule has 0 spiro atoms. The zero-order valence-electron chi connectivity index (χ0n) is 25.5. The van der Waals surface area contributed by atoms with Gasteiger partial charge in [0.15, 0.2) is 4.80 Å². The second-order valence-corrected chi connectivity index (χ2v) is 11.8. The first-order chi connectivity index (χ1) is 22.0. The summed E-state index contributed by atoms with van der Waals surface area (Å²) < 4.78 is 53.4. The van der Waals surface area contributed by atoms with Gasteiger partial charge in [0.05, 0.1) is 28.5 Å². The van der Waals surface area contributed by atoms with Crippen LogP contribution in [0, 0.1) is 0 Å². The van der Waals surface area contributed by atoms with Crippen LogP contribution in [-0.2, 0) is 11.0 Å². The number of halogens is 3. The molecule has 2 aromatic heterocycles. The molecule has 0 radical (unpaired) electrons. The predicted molar refractivity (Wildman–Crippen MR) is 171 cm³/mol. The Labute approximate surface area is 266 Å². The number of methoxy groups -OCH3 is 1. The summed E-state index contributed by atoms with van der Waals surface area (Å²) in [5.41, 5.74) is 0.623. The molecule has 0 unspecified atom stereocenters. The van der Waals surface area contributed by atoms with Gasteiger partial charge < -0.3 is 14.1 Å². The van der Waals surface area contributed by atoms with E-state index in [0.29, 0.717) is 40.5 Å². The number of rotatable bonds is 7. The number of carbonyl (C=O) groups excluding carboxylic acids is 1. The Bertz CT molecular complexity index is 2190. The third-order valence-corrected chi connectivity index (χ3v) is 9.08. The maximum atomic E-state index is 14.3. The lowest BCUT2D eigenvalue weighted by Crippen LogP contribution is -2.43. The van der Waals surface area contributed by atoms with Crippen molar-refractivity contribution in [3.63, 3.8) is 0 Å². The minimum atomic E-state index is -4.49. The number of thiazole rings is 1. The van der Waals surface area contributed by atoms with E-state index < -0.39 is 23.3 Å². The highest BCUT2D eigenvalue weighted by Gasteiger charge is 2.37. The zero-order chi connectivity index (χ0) is 32.7. The van der Waals surface area contributed by atoms with E-state index in [0.717, 1.165) is 34.2 Å². The second kappa shape index (κ2) is 12.1. The van der Waals surface area contributed by atoms with Crippen LogP contribution < -0.4 is 19.6 Å². The van der Waals surface area contributed by atoms with E-state index >= 15 is 0 Å². The number of aromatic nitrogens is 1. The number of furan rings is 1. The molecular formula is C35H30F3N3O4S. The smallest absolute Gasteiger partial charge is 0.416 e. The van der Waals surface area contributed by atoms with Gasteiger partial charge in [0.2, 0.25) is 0 Å². The average molecular weight is 646 g/mol. The first-order valence-corrected chi connectivity index (χ1v) is 15.5. The number of amides is 1. The largest absolute Gasteiger partial charge is 0.496 e. The molecule has 1 aliphatic heterocycles. The Kier molecular flexibility index (Phi) is 8.20. The van der Waals surface area contributed by atoms with E-state index in [-0.39, 0.29) is 27.5 Å². The maximum Gasteiger partial charge on any atom is 0.416 e. The molecule has 0 saturated carbocycles. The van der Waals surface area contributed by atoms with Gasteiger partial charge in [-0.15, -0.1) is 0 Å². The van der Waals surface area contributed by atoms with E-state index in [1.807, 2.05) is 50.2 Å². The van der Waals surface area contributed by atoms with Gasteiger partial charge in [-0.2, -0.15) is 13.2 Å². The summed E-state index contributed by atoms with van der Waals surface area (Å²) in [6.45, 7) is 6.52. The quantitative estimate of drug-likeness (QED) is 0.201. The van der Waals surface area contributed by atoms with Crippen LogP contribution in [0.15, 0.2) is 98.3 Å². The molecule has 0 N–H and O–H groups in total. The molecule has 1 amide bonds. The summed E-state index contributed by atoms with van der Waals surface area (Å²) >= 11 is 1.14. The minimum absolute atomic E-state index is 0.225. The fraction of sp³-hybridized carbons (Fsp3) is 0.229. The van der Waals surface area contributed by atoms with Gasteiger partial charge in [-0.3, -0.25) is 14.2 Å². The highest BCUT2D eigenvalue weighted by molar-refractivity contribution is 7.07. The molecule has 0 saturated heterocycles. The van der Waals surface area contributed by atoms with Crippen LogP contribution in [-0.4, -0.2) is 35.6 Å². The van der Waals surface area contributed by atoms with E-state index in [4.69, 9.17) is 14.1 Å². The van der Waals surface area contributed by atoms with Gasteiger partial charge in [0, 0.05) is 30.3 Å². The number of alkyl halides is 3. The van der Waals surface area contributed by atoms with E-state index in [1.165, 1.54) is 16.7 Å². The number of nitrogens with zero attached hydrogens (tertiary/aromatic N) is 3. The van der Waals surface area contributed by atoms with Crippen LogP contribution in [0.2, 0.25) is 0 Å². The monoisotopic (exact) mass is 645 g/mol. The first-order valence-electron chi connectivity index (χ1n) is 14.7. The van der Waals surface area contributed by atoms with Crippen molar-refractivity contribution in [2.45, 2.75) is 33.0 Å². The zero-order valence-corrected chi connectivity index (χ0v) is 26.3. The molecule has 0 aliphatic carbocycles. The lowest BCUT2D eigenvalue weighted by Gasteiger charge is -2.30. The van der Waals surface area contributed by atoms with Gasteiger partial charge in [-0.05, 0) is 61.9 Å². The average Bonchev–Trinajstić information content (AvgIpc) is 3.64. The topological polar surface area (TPSA) is 77.0 Å². The predicted octanol–water partition coefficient (Wildman–Crippen LogP) is 6.54. The normalized spacial score (nSPS) is 15.2. The van der Waals surface area contributed by atoms with Gasteiger partial charge in [-0.1, -0.05) is 53.8 Å². The first kappa shape index (κ1) is 31.1. The van der Waals surface area contributed by atoms with Crippen LogP contribution >= 0.6 is 11.3 Å². The molecule has 236 valence electrons. The Balaban J connectivity index is 1.55. The summed E-state index contributed by atoms with van der Waals surface area (Å²) in [7, 11) is 1.55. The number of likely N-dealkylation sites (N-methyl/N-ethyl adjacent to an activating group) is 1. The van der Waals surface area contributed by atoms with Crippen LogP contribution in [0.5, 0.6) is 5.75 Å². The van der Waals surface area contributed by atoms with Crippen molar-refractivity contribution in [3.05, 3.63) is 121 Å². The molecule has 0 bridgehead atoms. The molecule has 46 heavy (non-hydrogen) atoms. The minimum Gasteiger partial charge on any atom is -0.496 e. The maximum absolute atomic E-state index is 14.3. The molecule has 3 aromatic carbocycles. The van der Waals surface area contributed by atoms with Crippen LogP contribution in [0.4, 0.5) is 13.2 Å². The molecule has 3 heterocycles. The Morgan fingerprint density at radius 3 is 2.54 bits per heavy atom. The van der Waals surface area contributed by atoms with Gasteiger partial charge in [0.25, 0.3) is 11.5 Å². The summed E-state index contributed by atoms with van der Waals surface area (Å²) in [6, 6.07) is 18.7. The van der Waals surface area contributed by atoms with Crippen LogP contribution in [0.25, 0.3) is 28.2 Å². The van der Waals surface area contributed by atoms with Gasteiger partial charge >= 0.3 is 6.18 Å². The van der Waals surface area contributed by atoms with Crippen molar-refractivity contribution >= 4 is 34.1 Å². The number of carbonyl (C=O) groups is 1. The summed E-state index contributed by atoms with van der Waals surface area (Å²) in [4.78, 5) is 35.2. The van der Waals surface area contributed by atoms with E-state index in [9.17, 15) is 22.8 Å². The molecule has 1 aliphatic rings. The van der Waals surface area contributed by atoms with Crippen LogP contribution in [0.1, 0.15) is 43.7 Å². The highest BCUT2D eigenvalue weighted by atomic mass is 32.1. The number of ether oxygens (including phenoxy) is 1. The number of fused-ring (bicyclic) bond motifs is 2. The second-order valence-electron chi connectivity index (χ2n) is 10.7. The fourth-order valence-electron chi connectivity index (χ4n) is 5.85. The summed E-state index contributed by atoms with van der Waals surface area (Å²) in [5.74, 6) is 0.811. The lowest BCUT2D eigenvalue weighted by atomic mass is 9.90. The number of benzene rings is 3. The van der Waals surface area contributed by atoms with Crippen LogP contribution in [0.3, 0.4) is 0 Å². The fourth-order valence-corrected chi connectivity index (χ4v) is 6.88.